The predicted octanol–water partition coefficient (Wildman–Crippen LogP) is 1.97. The molecule has 0 aromatic heterocycles. The lowest BCUT2D eigenvalue weighted by Crippen LogP contribution is -2.26. The summed E-state index contributed by atoms with van der Waals surface area (Å²) in [5.74, 6) is 0.605. The molecule has 0 radical (unpaired) electrons. The molecule has 1 unspecified atom stereocenters. The second kappa shape index (κ2) is 8.21. The van der Waals surface area contributed by atoms with Crippen molar-refractivity contribution in [2.75, 3.05) is 33.9 Å². The first-order chi connectivity index (χ1) is 6.60. The van der Waals surface area contributed by atoms with Gasteiger partial charge in [0.2, 0.25) is 0 Å². The maximum Gasteiger partial charge on any atom is 0.157 e. The summed E-state index contributed by atoms with van der Waals surface area (Å²) in [7, 11) is 4.18. The van der Waals surface area contributed by atoms with E-state index in [-0.39, 0.29) is 6.29 Å². The molecule has 0 saturated carbocycles. The molecule has 1 atom stereocenters. The topological polar surface area (TPSA) is 21.7 Å². The van der Waals surface area contributed by atoms with Crippen LogP contribution in [-0.2, 0) is 9.47 Å². The minimum atomic E-state index is -0.0278. The summed E-state index contributed by atoms with van der Waals surface area (Å²) in [6.45, 7) is 8.76. The van der Waals surface area contributed by atoms with Gasteiger partial charge in [-0.05, 0) is 33.9 Å². The lowest BCUT2D eigenvalue weighted by atomic mass is 10.1. The van der Waals surface area contributed by atoms with Crippen molar-refractivity contribution in [3.63, 3.8) is 0 Å². The third-order valence-electron chi connectivity index (χ3n) is 1.98. The van der Waals surface area contributed by atoms with E-state index < -0.39 is 0 Å². The highest BCUT2D eigenvalue weighted by atomic mass is 16.7. The highest BCUT2D eigenvalue weighted by molar-refractivity contribution is 4.59. The van der Waals surface area contributed by atoms with Gasteiger partial charge in [0.05, 0.1) is 0 Å². The van der Waals surface area contributed by atoms with Crippen LogP contribution >= 0.6 is 0 Å². The quantitative estimate of drug-likeness (QED) is 0.563. The maximum absolute atomic E-state index is 5.49. The van der Waals surface area contributed by atoms with Gasteiger partial charge in [0.1, 0.15) is 0 Å². The first kappa shape index (κ1) is 13.9. The van der Waals surface area contributed by atoms with E-state index in [0.29, 0.717) is 5.92 Å². The Morgan fingerprint density at radius 2 is 1.57 bits per heavy atom. The maximum atomic E-state index is 5.49. The van der Waals surface area contributed by atoms with Crippen molar-refractivity contribution in [2.24, 2.45) is 5.92 Å². The van der Waals surface area contributed by atoms with Crippen LogP contribution in [0.2, 0.25) is 0 Å². The number of hydrogen-bond acceptors (Lipinski definition) is 3. The van der Waals surface area contributed by atoms with E-state index in [1.807, 2.05) is 13.8 Å². The molecule has 0 spiro atoms. The average molecular weight is 203 g/mol. The molecule has 14 heavy (non-hydrogen) atoms. The van der Waals surface area contributed by atoms with Crippen molar-refractivity contribution < 1.29 is 9.47 Å². The lowest BCUT2D eigenvalue weighted by molar-refractivity contribution is -0.145. The minimum Gasteiger partial charge on any atom is -0.353 e. The van der Waals surface area contributed by atoms with E-state index in [2.05, 4.69) is 25.9 Å². The molecule has 3 nitrogen and oxygen atoms in total. The Balaban J connectivity index is 3.76. The summed E-state index contributed by atoms with van der Waals surface area (Å²) in [5, 5.41) is 0. The molecule has 0 aromatic carbocycles. The van der Waals surface area contributed by atoms with Gasteiger partial charge in [0, 0.05) is 26.2 Å². The van der Waals surface area contributed by atoms with E-state index >= 15 is 0 Å². The van der Waals surface area contributed by atoms with Gasteiger partial charge in [0.15, 0.2) is 6.29 Å². The lowest BCUT2D eigenvalue weighted by Gasteiger charge is -2.22. The summed E-state index contributed by atoms with van der Waals surface area (Å²) < 4.78 is 11.0. The molecule has 0 fully saturated rings. The molecular weight excluding hydrogens is 178 g/mol. The van der Waals surface area contributed by atoms with E-state index in [1.165, 1.54) is 0 Å². The van der Waals surface area contributed by atoms with Crippen LogP contribution in [0.25, 0.3) is 0 Å². The zero-order chi connectivity index (χ0) is 11.0. The summed E-state index contributed by atoms with van der Waals surface area (Å²) in [6.07, 6.45) is 0.944. The van der Waals surface area contributed by atoms with E-state index in [4.69, 9.17) is 9.47 Å². The normalized spacial score (nSPS) is 13.9. The number of ether oxygens (including phenoxy) is 2. The molecule has 0 aliphatic rings. The molecular formula is C11H25NO2. The van der Waals surface area contributed by atoms with E-state index in [9.17, 15) is 0 Å². The number of hydrogen-bond donors (Lipinski definition) is 0. The Kier molecular flexibility index (Phi) is 8.14. The zero-order valence-electron chi connectivity index (χ0n) is 10.2. The largest absolute Gasteiger partial charge is 0.353 e. The molecule has 0 aromatic rings. The molecule has 0 rings (SSSR count). The van der Waals surface area contributed by atoms with Gasteiger partial charge in [-0.3, -0.25) is 0 Å². The first-order valence-electron chi connectivity index (χ1n) is 5.48. The van der Waals surface area contributed by atoms with Crippen LogP contribution in [0, 0.1) is 5.92 Å². The number of rotatable bonds is 8. The molecule has 0 bridgehead atoms. The Labute approximate surface area is 88.4 Å². The Bertz CT molecular complexity index is 122. The number of nitrogens with zero attached hydrogens (tertiary/aromatic N) is 1. The molecule has 0 saturated heterocycles. The highest BCUT2D eigenvalue weighted by Gasteiger charge is 2.13. The second-order valence-corrected chi connectivity index (χ2v) is 3.94. The third-order valence-corrected chi connectivity index (χ3v) is 1.98. The summed E-state index contributed by atoms with van der Waals surface area (Å²) >= 11 is 0. The monoisotopic (exact) mass is 203 g/mol. The van der Waals surface area contributed by atoms with Crippen molar-refractivity contribution in [2.45, 2.75) is 33.5 Å². The van der Waals surface area contributed by atoms with Crippen molar-refractivity contribution in [3.05, 3.63) is 0 Å². The molecule has 86 valence electrons. The molecule has 0 amide bonds. The van der Waals surface area contributed by atoms with Crippen LogP contribution in [0.3, 0.4) is 0 Å². The van der Waals surface area contributed by atoms with Crippen LogP contribution in [0.15, 0.2) is 0 Å². The van der Waals surface area contributed by atoms with Gasteiger partial charge < -0.3 is 14.4 Å². The van der Waals surface area contributed by atoms with Crippen LogP contribution in [-0.4, -0.2) is 45.0 Å². The third kappa shape index (κ3) is 7.30. The van der Waals surface area contributed by atoms with Crippen molar-refractivity contribution >= 4 is 0 Å². The molecule has 0 N–H and O–H groups in total. The van der Waals surface area contributed by atoms with Gasteiger partial charge in [-0.15, -0.1) is 0 Å². The fraction of sp³-hybridized carbons (Fsp3) is 1.00. The van der Waals surface area contributed by atoms with Crippen molar-refractivity contribution in [3.8, 4) is 0 Å². The van der Waals surface area contributed by atoms with Crippen molar-refractivity contribution in [1.82, 2.24) is 4.90 Å². The summed E-state index contributed by atoms with van der Waals surface area (Å²) in [4.78, 5) is 2.19. The standard InChI is InChI=1S/C11H25NO2/c1-6-13-11(14-7-2)8-10(3)9-12(4)5/h10-11H,6-9H2,1-5H3. The Morgan fingerprint density at radius 3 is 1.93 bits per heavy atom. The zero-order valence-corrected chi connectivity index (χ0v) is 10.2. The van der Waals surface area contributed by atoms with Crippen LogP contribution in [0.1, 0.15) is 27.2 Å². The summed E-state index contributed by atoms with van der Waals surface area (Å²) in [5.41, 5.74) is 0. The SMILES string of the molecule is CCOC(CC(C)CN(C)C)OCC. The summed E-state index contributed by atoms with van der Waals surface area (Å²) in [6, 6.07) is 0. The van der Waals surface area contributed by atoms with Gasteiger partial charge in [-0.25, -0.2) is 0 Å². The van der Waals surface area contributed by atoms with E-state index in [1.54, 1.807) is 0 Å². The molecule has 3 heteroatoms. The van der Waals surface area contributed by atoms with Gasteiger partial charge >= 0.3 is 0 Å². The first-order valence-corrected chi connectivity index (χ1v) is 5.48. The van der Waals surface area contributed by atoms with Crippen molar-refractivity contribution in [1.29, 1.82) is 0 Å². The van der Waals surface area contributed by atoms with Gasteiger partial charge in [-0.1, -0.05) is 6.92 Å². The van der Waals surface area contributed by atoms with Crippen LogP contribution in [0.4, 0.5) is 0 Å². The molecule has 0 aliphatic carbocycles. The predicted molar refractivity (Wildman–Crippen MR) is 59.4 cm³/mol. The van der Waals surface area contributed by atoms with Crippen LogP contribution in [0.5, 0.6) is 0 Å². The molecule has 0 aliphatic heterocycles. The molecule has 0 heterocycles. The fourth-order valence-corrected chi connectivity index (χ4v) is 1.58. The fourth-order valence-electron chi connectivity index (χ4n) is 1.58. The minimum absolute atomic E-state index is 0.0278. The van der Waals surface area contributed by atoms with E-state index in [0.717, 1.165) is 26.2 Å². The second-order valence-electron chi connectivity index (χ2n) is 3.94. The Morgan fingerprint density at radius 1 is 1.07 bits per heavy atom. The smallest absolute Gasteiger partial charge is 0.157 e. The van der Waals surface area contributed by atoms with Gasteiger partial charge in [-0.2, -0.15) is 0 Å². The van der Waals surface area contributed by atoms with Crippen LogP contribution < -0.4 is 0 Å². The highest BCUT2D eigenvalue weighted by Crippen LogP contribution is 2.11. The Hall–Kier alpha value is -0.120. The van der Waals surface area contributed by atoms with Gasteiger partial charge in [0.25, 0.3) is 0 Å². The average Bonchev–Trinajstić information content (AvgIpc) is 2.03.